The fourth-order valence-electron chi connectivity index (χ4n) is 2.93. The van der Waals surface area contributed by atoms with Crippen LogP contribution in [0.5, 0.6) is 0 Å². The molecule has 1 fully saturated rings. The number of carboxylic acids is 1. The predicted octanol–water partition coefficient (Wildman–Crippen LogP) is 0.415. The Morgan fingerprint density at radius 3 is 2.68 bits per heavy atom. The number of imidazole rings is 1. The second-order valence-electron chi connectivity index (χ2n) is 5.45. The van der Waals surface area contributed by atoms with Crippen molar-refractivity contribution in [1.29, 1.82) is 0 Å². The molecular formula is C13H17N5O4. The van der Waals surface area contributed by atoms with Gasteiger partial charge in [-0.2, -0.15) is 4.98 Å². The van der Waals surface area contributed by atoms with E-state index < -0.39 is 17.2 Å². The molecule has 0 saturated heterocycles. The lowest BCUT2D eigenvalue weighted by atomic mass is 9.95. The van der Waals surface area contributed by atoms with Crippen LogP contribution in [0.4, 0.5) is 5.95 Å². The SMILES string of the molecule is O=C(O)CNc1nc2c([nH]1)c(=O)[nH]c(=O)n2C1CCCCC1. The zero-order valence-corrected chi connectivity index (χ0v) is 11.9. The van der Waals surface area contributed by atoms with Gasteiger partial charge in [-0.3, -0.25) is 19.1 Å². The van der Waals surface area contributed by atoms with Crippen LogP contribution in [0.25, 0.3) is 11.2 Å². The number of hydrogen-bond acceptors (Lipinski definition) is 5. The van der Waals surface area contributed by atoms with E-state index in [9.17, 15) is 14.4 Å². The molecule has 2 aromatic rings. The van der Waals surface area contributed by atoms with Crippen LogP contribution in [-0.2, 0) is 4.79 Å². The van der Waals surface area contributed by atoms with Gasteiger partial charge in [0.1, 0.15) is 6.54 Å². The van der Waals surface area contributed by atoms with E-state index in [2.05, 4.69) is 20.3 Å². The molecule has 0 radical (unpaired) electrons. The molecule has 0 bridgehead atoms. The third kappa shape index (κ3) is 2.61. The van der Waals surface area contributed by atoms with E-state index in [-0.39, 0.29) is 29.7 Å². The normalized spacial score (nSPS) is 16.0. The number of carbonyl (C=O) groups is 1. The Bertz CT molecular complexity index is 812. The summed E-state index contributed by atoms with van der Waals surface area (Å²) in [5.41, 5.74) is -0.574. The predicted molar refractivity (Wildman–Crippen MR) is 79.2 cm³/mol. The molecule has 0 aromatic carbocycles. The van der Waals surface area contributed by atoms with Crippen molar-refractivity contribution in [3.8, 4) is 0 Å². The van der Waals surface area contributed by atoms with Gasteiger partial charge in [0, 0.05) is 6.04 Å². The number of carboxylic acid groups (broad SMARTS) is 1. The van der Waals surface area contributed by atoms with Crippen LogP contribution in [0.3, 0.4) is 0 Å². The van der Waals surface area contributed by atoms with Crippen LogP contribution in [0.2, 0.25) is 0 Å². The summed E-state index contributed by atoms with van der Waals surface area (Å²) in [5.74, 6) is -0.878. The van der Waals surface area contributed by atoms with Crippen molar-refractivity contribution < 1.29 is 9.90 Å². The van der Waals surface area contributed by atoms with E-state index >= 15 is 0 Å². The molecule has 3 rings (SSSR count). The molecule has 1 aliphatic rings. The zero-order chi connectivity index (χ0) is 15.7. The summed E-state index contributed by atoms with van der Waals surface area (Å²) in [5, 5.41) is 11.3. The lowest BCUT2D eigenvalue weighted by molar-refractivity contribution is -0.134. The Labute approximate surface area is 124 Å². The number of aromatic nitrogens is 4. The van der Waals surface area contributed by atoms with Gasteiger partial charge in [0.05, 0.1) is 0 Å². The molecule has 0 amide bonds. The fraction of sp³-hybridized carbons (Fsp3) is 0.538. The van der Waals surface area contributed by atoms with Gasteiger partial charge in [-0.05, 0) is 12.8 Å². The average molecular weight is 307 g/mol. The highest BCUT2D eigenvalue weighted by Crippen LogP contribution is 2.28. The Morgan fingerprint density at radius 2 is 2.00 bits per heavy atom. The third-order valence-electron chi connectivity index (χ3n) is 3.93. The number of hydrogen-bond donors (Lipinski definition) is 4. The molecule has 118 valence electrons. The van der Waals surface area contributed by atoms with E-state index in [1.165, 1.54) is 4.57 Å². The standard InChI is InChI=1S/C13H17N5O4/c19-8(20)6-14-12-15-9-10(16-12)18(13(22)17-11(9)21)7-4-2-1-3-5-7/h7H,1-6H2,(H,19,20)(H2,14,15,16)(H,17,21,22). The van der Waals surface area contributed by atoms with Crippen molar-refractivity contribution in [3.05, 3.63) is 20.8 Å². The first-order valence-electron chi connectivity index (χ1n) is 7.26. The topological polar surface area (TPSA) is 133 Å². The van der Waals surface area contributed by atoms with Crippen LogP contribution in [0, 0.1) is 0 Å². The minimum atomic E-state index is -1.04. The first-order valence-corrected chi connectivity index (χ1v) is 7.26. The largest absolute Gasteiger partial charge is 0.480 e. The van der Waals surface area contributed by atoms with Gasteiger partial charge in [-0.1, -0.05) is 19.3 Å². The van der Waals surface area contributed by atoms with Gasteiger partial charge < -0.3 is 15.4 Å². The number of rotatable bonds is 4. The van der Waals surface area contributed by atoms with Gasteiger partial charge in [-0.25, -0.2) is 4.79 Å². The van der Waals surface area contributed by atoms with Crippen molar-refractivity contribution in [3.63, 3.8) is 0 Å². The highest BCUT2D eigenvalue weighted by atomic mass is 16.4. The van der Waals surface area contributed by atoms with Gasteiger partial charge in [0.15, 0.2) is 11.2 Å². The quantitative estimate of drug-likeness (QED) is 0.647. The molecule has 4 N–H and O–H groups in total. The molecule has 9 nitrogen and oxygen atoms in total. The molecule has 0 spiro atoms. The zero-order valence-electron chi connectivity index (χ0n) is 11.9. The van der Waals surface area contributed by atoms with Crippen molar-refractivity contribution in [2.45, 2.75) is 38.1 Å². The van der Waals surface area contributed by atoms with E-state index in [1.807, 2.05) is 0 Å². The van der Waals surface area contributed by atoms with Crippen LogP contribution in [-0.4, -0.2) is 37.1 Å². The van der Waals surface area contributed by atoms with Crippen LogP contribution in [0.1, 0.15) is 38.1 Å². The van der Waals surface area contributed by atoms with Crippen molar-refractivity contribution >= 4 is 23.1 Å². The number of nitrogens with zero attached hydrogens (tertiary/aromatic N) is 2. The molecule has 0 aliphatic heterocycles. The van der Waals surface area contributed by atoms with Gasteiger partial charge in [0.2, 0.25) is 5.95 Å². The van der Waals surface area contributed by atoms with E-state index in [1.54, 1.807) is 0 Å². The second kappa shape index (κ2) is 5.66. The lowest BCUT2D eigenvalue weighted by Crippen LogP contribution is -2.33. The van der Waals surface area contributed by atoms with Crippen molar-refractivity contribution in [2.75, 3.05) is 11.9 Å². The highest BCUT2D eigenvalue weighted by Gasteiger charge is 2.22. The average Bonchev–Trinajstić information content (AvgIpc) is 2.90. The monoisotopic (exact) mass is 307 g/mol. The maximum atomic E-state index is 12.2. The van der Waals surface area contributed by atoms with Gasteiger partial charge in [-0.15, -0.1) is 0 Å². The maximum Gasteiger partial charge on any atom is 0.330 e. The molecule has 1 saturated carbocycles. The second-order valence-corrected chi connectivity index (χ2v) is 5.45. The Morgan fingerprint density at radius 1 is 1.27 bits per heavy atom. The summed E-state index contributed by atoms with van der Waals surface area (Å²) < 4.78 is 1.51. The molecule has 1 aliphatic carbocycles. The number of nitrogens with one attached hydrogen (secondary N) is 3. The van der Waals surface area contributed by atoms with Gasteiger partial charge in [0.25, 0.3) is 5.56 Å². The molecule has 2 aromatic heterocycles. The summed E-state index contributed by atoms with van der Waals surface area (Å²) in [6.45, 7) is -0.328. The summed E-state index contributed by atoms with van der Waals surface area (Å²) in [6.07, 6.45) is 4.94. The summed E-state index contributed by atoms with van der Waals surface area (Å²) in [4.78, 5) is 43.9. The molecule has 0 atom stereocenters. The van der Waals surface area contributed by atoms with Crippen molar-refractivity contribution in [1.82, 2.24) is 19.5 Å². The maximum absolute atomic E-state index is 12.2. The first-order chi connectivity index (χ1) is 10.6. The smallest absolute Gasteiger partial charge is 0.330 e. The van der Waals surface area contributed by atoms with E-state index in [0.29, 0.717) is 0 Å². The lowest BCUT2D eigenvalue weighted by Gasteiger charge is -2.23. The number of aromatic amines is 2. The van der Waals surface area contributed by atoms with E-state index in [0.717, 1.165) is 32.1 Å². The fourth-order valence-corrected chi connectivity index (χ4v) is 2.93. The molecule has 0 unspecified atom stereocenters. The molecule has 2 heterocycles. The third-order valence-corrected chi connectivity index (χ3v) is 3.93. The van der Waals surface area contributed by atoms with Gasteiger partial charge >= 0.3 is 11.7 Å². The Kier molecular flexibility index (Phi) is 3.70. The number of aliphatic carboxylic acids is 1. The first kappa shape index (κ1) is 14.4. The van der Waals surface area contributed by atoms with Crippen LogP contribution < -0.4 is 16.6 Å². The summed E-state index contributed by atoms with van der Waals surface area (Å²) >= 11 is 0. The molecule has 9 heteroatoms. The number of anilines is 1. The van der Waals surface area contributed by atoms with Crippen LogP contribution in [0.15, 0.2) is 9.59 Å². The molecule has 22 heavy (non-hydrogen) atoms. The van der Waals surface area contributed by atoms with Crippen molar-refractivity contribution in [2.24, 2.45) is 0 Å². The Balaban J connectivity index is 2.08. The summed E-state index contributed by atoms with van der Waals surface area (Å²) in [7, 11) is 0. The summed E-state index contributed by atoms with van der Waals surface area (Å²) in [6, 6.07) is 0.0104. The minimum Gasteiger partial charge on any atom is -0.480 e. The number of fused-ring (bicyclic) bond motifs is 1. The Hall–Kier alpha value is -2.58. The van der Waals surface area contributed by atoms with E-state index in [4.69, 9.17) is 5.11 Å². The van der Waals surface area contributed by atoms with Crippen LogP contribution >= 0.6 is 0 Å². The highest BCUT2D eigenvalue weighted by molar-refractivity contribution is 5.75. The number of H-pyrrole nitrogens is 2. The minimum absolute atomic E-state index is 0.0104. The molecular weight excluding hydrogens is 290 g/mol.